The Kier molecular flexibility index (Phi) is 13.2. The SMILES string of the molecule is C#CCO[C@@]1(C)C[C@@H](C)C(=O)[C@H](C)C(O)[C@](C)(O)[C@@H](CC)OC(=O)[C@H](C)C(O)[C@H](C)C1OC1O[C@H](C)CC(N(C)C)C1O. The first kappa shape index (κ1) is 37.6. The third-order valence-electron chi connectivity index (χ3n) is 9.54. The van der Waals surface area contributed by atoms with Crippen molar-refractivity contribution >= 4 is 11.8 Å². The third-order valence-corrected chi connectivity index (χ3v) is 9.54. The minimum Gasteiger partial charge on any atom is -0.459 e. The van der Waals surface area contributed by atoms with Crippen molar-refractivity contribution in [3.63, 3.8) is 0 Å². The predicted molar refractivity (Wildman–Crippen MR) is 160 cm³/mol. The smallest absolute Gasteiger partial charge is 0.311 e. The van der Waals surface area contributed by atoms with E-state index in [-0.39, 0.29) is 37.4 Å². The van der Waals surface area contributed by atoms with Crippen molar-refractivity contribution in [1.29, 1.82) is 0 Å². The lowest BCUT2D eigenvalue weighted by molar-refractivity contribution is -0.302. The maximum atomic E-state index is 13.7. The van der Waals surface area contributed by atoms with Crippen molar-refractivity contribution in [1.82, 2.24) is 4.90 Å². The number of ketones is 1. The Morgan fingerprint density at radius 2 is 1.65 bits per heavy atom. The van der Waals surface area contributed by atoms with E-state index in [2.05, 4.69) is 5.92 Å². The summed E-state index contributed by atoms with van der Waals surface area (Å²) >= 11 is 0. The number of aliphatic hydroxyl groups is 4. The summed E-state index contributed by atoms with van der Waals surface area (Å²) in [5.74, 6) is -2.32. The van der Waals surface area contributed by atoms with Gasteiger partial charge in [-0.15, -0.1) is 6.42 Å². The van der Waals surface area contributed by atoms with Gasteiger partial charge in [0, 0.05) is 23.8 Å². The summed E-state index contributed by atoms with van der Waals surface area (Å²) in [6, 6.07) is -0.277. The number of nitrogens with zero attached hydrogens (tertiary/aromatic N) is 1. The van der Waals surface area contributed by atoms with E-state index in [1.807, 2.05) is 25.9 Å². The average molecular weight is 614 g/mol. The van der Waals surface area contributed by atoms with Crippen LogP contribution in [0.4, 0.5) is 0 Å². The molecule has 2 rings (SSSR count). The van der Waals surface area contributed by atoms with E-state index in [0.29, 0.717) is 6.42 Å². The second kappa shape index (κ2) is 15.1. The number of esters is 1. The van der Waals surface area contributed by atoms with Crippen LogP contribution in [0.25, 0.3) is 0 Å². The van der Waals surface area contributed by atoms with Crippen molar-refractivity contribution in [2.24, 2.45) is 23.7 Å². The van der Waals surface area contributed by atoms with Gasteiger partial charge in [-0.3, -0.25) is 9.59 Å². The fraction of sp³-hybridized carbons (Fsp3) is 0.875. The van der Waals surface area contributed by atoms with Gasteiger partial charge in [-0.25, -0.2) is 0 Å². The topological polar surface area (TPSA) is 155 Å². The van der Waals surface area contributed by atoms with Gasteiger partial charge in [-0.05, 0) is 61.1 Å². The first-order valence-electron chi connectivity index (χ1n) is 15.4. The molecule has 11 heteroatoms. The Hall–Kier alpha value is -1.62. The Balaban J connectivity index is 2.68. The summed E-state index contributed by atoms with van der Waals surface area (Å²) in [7, 11) is 3.71. The molecule has 2 saturated heterocycles. The van der Waals surface area contributed by atoms with E-state index >= 15 is 0 Å². The number of carbonyl (C=O) groups is 2. The quantitative estimate of drug-likeness (QED) is 0.255. The third kappa shape index (κ3) is 8.35. The van der Waals surface area contributed by atoms with Crippen molar-refractivity contribution in [3.05, 3.63) is 0 Å². The number of cyclic esters (lactones) is 1. The van der Waals surface area contributed by atoms with Gasteiger partial charge < -0.3 is 44.3 Å². The molecule has 0 radical (unpaired) electrons. The summed E-state index contributed by atoms with van der Waals surface area (Å²) < 4.78 is 24.5. The summed E-state index contributed by atoms with van der Waals surface area (Å²) in [5, 5.41) is 45.3. The second-order valence-corrected chi connectivity index (χ2v) is 13.4. The van der Waals surface area contributed by atoms with Crippen molar-refractivity contribution in [2.45, 2.75) is 135 Å². The normalized spacial score (nSPS) is 45.7. The minimum absolute atomic E-state index is 0.0555. The van der Waals surface area contributed by atoms with Crippen LogP contribution in [0.1, 0.15) is 74.7 Å². The number of terminal acetylenes is 1. The molecule has 43 heavy (non-hydrogen) atoms. The Morgan fingerprint density at radius 3 is 2.19 bits per heavy atom. The molecule has 2 aliphatic rings. The molecule has 0 bridgehead atoms. The van der Waals surface area contributed by atoms with Gasteiger partial charge in [-0.2, -0.15) is 0 Å². The average Bonchev–Trinajstić information content (AvgIpc) is 2.95. The van der Waals surface area contributed by atoms with Crippen LogP contribution in [0.5, 0.6) is 0 Å². The Bertz CT molecular complexity index is 982. The lowest BCUT2D eigenvalue weighted by Crippen LogP contribution is -2.60. The van der Waals surface area contributed by atoms with E-state index in [9.17, 15) is 30.0 Å². The summed E-state index contributed by atoms with van der Waals surface area (Å²) in [4.78, 5) is 28.9. The molecule has 2 heterocycles. The molecule has 14 atom stereocenters. The molecule has 4 N–H and O–H groups in total. The van der Waals surface area contributed by atoms with Gasteiger partial charge in [0.05, 0.1) is 35.9 Å². The first-order valence-corrected chi connectivity index (χ1v) is 15.4. The lowest BCUT2D eigenvalue weighted by Gasteiger charge is -2.48. The highest BCUT2D eigenvalue weighted by Gasteiger charge is 2.52. The highest BCUT2D eigenvalue weighted by Crippen LogP contribution is 2.39. The molecule has 0 aromatic heterocycles. The lowest BCUT2D eigenvalue weighted by atomic mass is 9.74. The highest BCUT2D eigenvalue weighted by molar-refractivity contribution is 5.83. The number of rotatable bonds is 6. The molecule has 0 aliphatic carbocycles. The van der Waals surface area contributed by atoms with Crippen LogP contribution in [0.15, 0.2) is 0 Å². The number of hydrogen-bond donors (Lipinski definition) is 4. The van der Waals surface area contributed by atoms with Gasteiger partial charge in [0.25, 0.3) is 0 Å². The van der Waals surface area contributed by atoms with Crippen LogP contribution in [0.3, 0.4) is 0 Å². The van der Waals surface area contributed by atoms with Gasteiger partial charge in [-0.1, -0.05) is 33.6 Å². The number of aliphatic hydroxyl groups excluding tert-OH is 3. The zero-order chi connectivity index (χ0) is 33.0. The van der Waals surface area contributed by atoms with Crippen LogP contribution in [-0.2, 0) is 28.5 Å². The fourth-order valence-corrected chi connectivity index (χ4v) is 6.73. The number of carbonyl (C=O) groups excluding carboxylic acids is 2. The standard InChI is InChI=1S/C32H55NO10/c1-12-14-40-31(8)16-17(3)24(34)19(5)27(37)32(9,39)23(13-2)42-29(38)21(7)25(35)20(6)28(31)43-30-26(36)22(33(10)11)15-18(4)41-30/h1,17-23,25-28,30,35-37,39H,13-16H2,2-11H3/t17-,18-,19+,20+,21-,22?,23-,25?,26?,27?,28?,30?,31+,32-/m1/s1. The van der Waals surface area contributed by atoms with Crippen molar-refractivity contribution in [2.75, 3.05) is 20.7 Å². The summed E-state index contributed by atoms with van der Waals surface area (Å²) in [6.07, 6.45) is -1.12. The maximum absolute atomic E-state index is 13.7. The number of ether oxygens (including phenoxy) is 4. The molecule has 6 unspecified atom stereocenters. The van der Waals surface area contributed by atoms with E-state index in [4.69, 9.17) is 25.4 Å². The largest absolute Gasteiger partial charge is 0.459 e. The number of Topliss-reactive ketones (excluding diaryl/α,β-unsaturated/α-hetero) is 1. The molecule has 0 saturated carbocycles. The van der Waals surface area contributed by atoms with Crippen LogP contribution in [-0.4, -0.2) is 118 Å². The number of likely N-dealkylation sites (N-methyl/N-ethyl adjacent to an activating group) is 1. The zero-order valence-corrected chi connectivity index (χ0v) is 27.5. The molecule has 0 aromatic carbocycles. The number of hydrogen-bond acceptors (Lipinski definition) is 11. The molecule has 11 nitrogen and oxygen atoms in total. The fourth-order valence-electron chi connectivity index (χ4n) is 6.73. The van der Waals surface area contributed by atoms with Gasteiger partial charge in [0.15, 0.2) is 6.29 Å². The van der Waals surface area contributed by atoms with Gasteiger partial charge in [0.2, 0.25) is 0 Å². The van der Waals surface area contributed by atoms with Crippen LogP contribution < -0.4 is 0 Å². The van der Waals surface area contributed by atoms with Crippen molar-refractivity contribution < 1.29 is 49.0 Å². The molecule has 2 aliphatic heterocycles. The molecule has 0 amide bonds. The zero-order valence-electron chi connectivity index (χ0n) is 27.5. The molecule has 2 fully saturated rings. The van der Waals surface area contributed by atoms with Crippen LogP contribution >= 0.6 is 0 Å². The molecular weight excluding hydrogens is 558 g/mol. The van der Waals surface area contributed by atoms with E-state index in [0.717, 1.165) is 0 Å². The van der Waals surface area contributed by atoms with Crippen LogP contribution in [0, 0.1) is 36.0 Å². The molecular formula is C32H55NO10. The highest BCUT2D eigenvalue weighted by atomic mass is 16.7. The van der Waals surface area contributed by atoms with Crippen LogP contribution in [0.2, 0.25) is 0 Å². The Morgan fingerprint density at radius 1 is 1.05 bits per heavy atom. The summed E-state index contributed by atoms with van der Waals surface area (Å²) in [5.41, 5.74) is -3.27. The Labute approximate surface area is 257 Å². The van der Waals surface area contributed by atoms with E-state index in [1.165, 1.54) is 20.8 Å². The van der Waals surface area contributed by atoms with Gasteiger partial charge in [0.1, 0.15) is 30.2 Å². The molecule has 0 spiro atoms. The summed E-state index contributed by atoms with van der Waals surface area (Å²) in [6.45, 7) is 12.9. The van der Waals surface area contributed by atoms with Gasteiger partial charge >= 0.3 is 5.97 Å². The molecule has 0 aromatic rings. The second-order valence-electron chi connectivity index (χ2n) is 13.4. The molecule has 248 valence electrons. The monoisotopic (exact) mass is 613 g/mol. The first-order chi connectivity index (χ1) is 19.8. The van der Waals surface area contributed by atoms with E-state index in [1.54, 1.807) is 27.7 Å². The van der Waals surface area contributed by atoms with E-state index < -0.39 is 77.7 Å². The maximum Gasteiger partial charge on any atom is 0.311 e. The minimum atomic E-state index is -1.94. The van der Waals surface area contributed by atoms with Crippen molar-refractivity contribution in [3.8, 4) is 12.3 Å². The predicted octanol–water partition coefficient (Wildman–Crippen LogP) is 1.52.